The molecule has 40 heavy (non-hydrogen) atoms. The van der Waals surface area contributed by atoms with Crippen molar-refractivity contribution in [3.8, 4) is 28.2 Å². The first kappa shape index (κ1) is 27.3. The maximum atomic E-state index is 13.1. The van der Waals surface area contributed by atoms with Gasteiger partial charge < -0.3 is 4.74 Å². The van der Waals surface area contributed by atoms with Gasteiger partial charge in [-0.05, 0) is 30.7 Å². The third-order valence-electron chi connectivity index (χ3n) is 5.95. The number of hydrogen-bond donors (Lipinski definition) is 0. The minimum absolute atomic E-state index is 0.123. The first-order valence-electron chi connectivity index (χ1n) is 11.6. The van der Waals surface area contributed by atoms with Crippen LogP contribution in [0, 0.1) is 0 Å². The highest BCUT2D eigenvalue weighted by Gasteiger charge is 2.34. The summed E-state index contributed by atoms with van der Waals surface area (Å²) in [6.45, 7) is -3.20. The van der Waals surface area contributed by atoms with Crippen molar-refractivity contribution in [3.63, 3.8) is 0 Å². The minimum atomic E-state index is -4.66. The van der Waals surface area contributed by atoms with E-state index in [1.807, 2.05) is 0 Å². The second-order valence-corrected chi connectivity index (χ2v) is 8.97. The van der Waals surface area contributed by atoms with Crippen molar-refractivity contribution in [1.29, 1.82) is 0 Å². The Kier molecular flexibility index (Phi) is 7.58. The smallest absolute Gasteiger partial charge is 0.323 e. The van der Waals surface area contributed by atoms with E-state index in [9.17, 15) is 22.0 Å². The Balaban J connectivity index is 1.48. The summed E-state index contributed by atoms with van der Waals surface area (Å²) in [6.07, 6.45) is 2.42. The minimum Gasteiger partial charge on any atom is -0.323 e. The second kappa shape index (κ2) is 11.1. The fraction of sp³-hybridized carbons (Fsp3) is 0.250. The van der Waals surface area contributed by atoms with Crippen LogP contribution in [-0.2, 0) is 18.0 Å². The Morgan fingerprint density at radius 1 is 1.00 bits per heavy atom. The third kappa shape index (κ3) is 5.84. The molecule has 0 N–H and O–H groups in total. The van der Waals surface area contributed by atoms with Crippen LogP contribution < -0.4 is 0 Å². The lowest BCUT2D eigenvalue weighted by Crippen LogP contribution is -2.16. The van der Waals surface area contributed by atoms with Gasteiger partial charge in [0.15, 0.2) is 11.5 Å². The molecule has 0 bridgehead atoms. The monoisotopic (exact) mass is 579 g/mol. The van der Waals surface area contributed by atoms with Gasteiger partial charge in [0.25, 0.3) is 0 Å². The molecule has 1 unspecified atom stereocenters. The highest BCUT2D eigenvalue weighted by molar-refractivity contribution is 6.31. The summed E-state index contributed by atoms with van der Waals surface area (Å²) in [6, 6.07) is 7.37. The second-order valence-electron chi connectivity index (χ2n) is 8.53. The van der Waals surface area contributed by atoms with Crippen molar-refractivity contribution in [2.24, 2.45) is 7.05 Å². The molecule has 0 aliphatic rings. The van der Waals surface area contributed by atoms with Gasteiger partial charge in [-0.2, -0.15) is 32.1 Å². The predicted molar refractivity (Wildman–Crippen MR) is 132 cm³/mol. The van der Waals surface area contributed by atoms with Gasteiger partial charge in [-0.15, -0.1) is 5.10 Å². The molecule has 1 atom stereocenters. The zero-order chi connectivity index (χ0) is 28.4. The van der Waals surface area contributed by atoms with Crippen LogP contribution >= 0.6 is 11.6 Å². The van der Waals surface area contributed by atoms with Gasteiger partial charge >= 0.3 is 12.8 Å². The molecule has 0 amide bonds. The molecule has 0 saturated heterocycles. The molecule has 0 fully saturated rings. The van der Waals surface area contributed by atoms with Crippen molar-refractivity contribution in [1.82, 2.24) is 44.5 Å². The summed E-state index contributed by atoms with van der Waals surface area (Å²) in [5.41, 5.74) is 1.27. The summed E-state index contributed by atoms with van der Waals surface area (Å²) in [5, 5.41) is 15.6. The first-order chi connectivity index (χ1) is 19.1. The lowest BCUT2D eigenvalue weighted by atomic mass is 10.0. The number of alkyl halides is 5. The summed E-state index contributed by atoms with van der Waals surface area (Å²) < 4.78 is 73.2. The lowest BCUT2D eigenvalue weighted by molar-refractivity contribution is -0.141. The summed E-state index contributed by atoms with van der Waals surface area (Å²) >= 11 is 6.19. The molecule has 0 radical (unpaired) electrons. The SMILES string of the molecule is Cn1ncnc1-c1cnn(C(CCOC(F)F)c2ccc(-c3cc(Cl)ccc3-n3cc(C(F)(F)F)nn3)cn2)c1. The van der Waals surface area contributed by atoms with Crippen LogP contribution in [-0.4, -0.2) is 57.7 Å². The molecule has 10 nitrogen and oxygen atoms in total. The molecule has 0 spiro atoms. The maximum Gasteiger partial charge on any atom is 0.436 e. The van der Waals surface area contributed by atoms with Crippen molar-refractivity contribution in [3.05, 3.63) is 77.9 Å². The summed E-state index contributed by atoms with van der Waals surface area (Å²) in [4.78, 5) is 8.71. The Morgan fingerprint density at radius 2 is 1.82 bits per heavy atom. The Morgan fingerprint density at radius 3 is 2.48 bits per heavy atom. The van der Waals surface area contributed by atoms with Crippen LogP contribution in [0.25, 0.3) is 28.2 Å². The molecule has 5 rings (SSSR count). The van der Waals surface area contributed by atoms with Crippen LogP contribution in [0.4, 0.5) is 22.0 Å². The molecule has 0 aliphatic carbocycles. The highest BCUT2D eigenvalue weighted by Crippen LogP contribution is 2.33. The molecule has 208 valence electrons. The zero-order valence-electron chi connectivity index (χ0n) is 20.5. The van der Waals surface area contributed by atoms with E-state index in [2.05, 4.69) is 35.2 Å². The molecule has 4 heterocycles. The van der Waals surface area contributed by atoms with Crippen LogP contribution in [0.1, 0.15) is 23.9 Å². The molecule has 4 aromatic heterocycles. The van der Waals surface area contributed by atoms with Gasteiger partial charge in [0.2, 0.25) is 0 Å². The number of hydrogen-bond acceptors (Lipinski definition) is 7. The number of rotatable bonds is 9. The van der Waals surface area contributed by atoms with Gasteiger partial charge in [-0.1, -0.05) is 22.9 Å². The number of benzene rings is 1. The molecular weight excluding hydrogens is 561 g/mol. The van der Waals surface area contributed by atoms with Crippen molar-refractivity contribution in [2.75, 3.05) is 6.61 Å². The number of aromatic nitrogens is 9. The Bertz CT molecular complexity index is 1600. The molecular formula is C24H19ClF5N9O. The number of nitrogens with zero attached hydrogens (tertiary/aromatic N) is 9. The topological polar surface area (TPSA) is 101 Å². The van der Waals surface area contributed by atoms with E-state index in [0.29, 0.717) is 38.9 Å². The largest absolute Gasteiger partial charge is 0.436 e. The standard InChI is InChI=1S/C24H19ClF5N9O/c1-37-22(32-13-34-37)15-10-33-38(11-15)20(6-7-40-23(26)27)18-4-2-14(9-31-18)17-8-16(25)3-5-19(17)39-12-21(35-36-39)24(28,29)30/h2-5,8-13,20,23H,6-7H2,1H3. The number of aryl methyl sites for hydroxylation is 1. The van der Waals surface area contributed by atoms with Gasteiger partial charge in [0, 0.05) is 35.6 Å². The van der Waals surface area contributed by atoms with Crippen molar-refractivity contribution < 1.29 is 26.7 Å². The maximum absolute atomic E-state index is 13.1. The average Bonchev–Trinajstić information content (AvgIpc) is 3.67. The number of ether oxygens (including phenoxy) is 1. The van der Waals surface area contributed by atoms with E-state index in [1.54, 1.807) is 47.0 Å². The van der Waals surface area contributed by atoms with Gasteiger partial charge in [0.05, 0.1) is 42.0 Å². The van der Waals surface area contributed by atoms with E-state index < -0.39 is 24.5 Å². The zero-order valence-corrected chi connectivity index (χ0v) is 21.3. The summed E-state index contributed by atoms with van der Waals surface area (Å²) in [5.74, 6) is 0.562. The third-order valence-corrected chi connectivity index (χ3v) is 6.19. The highest BCUT2D eigenvalue weighted by atomic mass is 35.5. The van der Waals surface area contributed by atoms with Crippen molar-refractivity contribution >= 4 is 11.6 Å². The van der Waals surface area contributed by atoms with Gasteiger partial charge in [-0.3, -0.25) is 9.67 Å². The van der Waals surface area contributed by atoms with Gasteiger partial charge in [-0.25, -0.2) is 14.3 Å². The van der Waals surface area contributed by atoms with E-state index in [4.69, 9.17) is 11.6 Å². The van der Waals surface area contributed by atoms with E-state index in [1.165, 1.54) is 24.7 Å². The fourth-order valence-electron chi connectivity index (χ4n) is 4.08. The van der Waals surface area contributed by atoms with E-state index in [-0.39, 0.29) is 13.0 Å². The number of halogens is 6. The van der Waals surface area contributed by atoms with Crippen LogP contribution in [0.15, 0.2) is 61.4 Å². The first-order valence-corrected chi connectivity index (χ1v) is 12.0. The molecule has 0 saturated carbocycles. The Labute approximate surface area is 228 Å². The molecule has 1 aromatic carbocycles. The average molecular weight is 580 g/mol. The van der Waals surface area contributed by atoms with Gasteiger partial charge in [0.1, 0.15) is 6.33 Å². The van der Waals surface area contributed by atoms with E-state index >= 15 is 0 Å². The molecule has 5 aromatic rings. The van der Waals surface area contributed by atoms with Crippen molar-refractivity contribution in [2.45, 2.75) is 25.3 Å². The Hall–Kier alpha value is -4.24. The van der Waals surface area contributed by atoms with Crippen LogP contribution in [0.5, 0.6) is 0 Å². The molecule has 0 aliphatic heterocycles. The quantitative estimate of drug-likeness (QED) is 0.221. The normalized spacial score (nSPS) is 12.8. The lowest BCUT2D eigenvalue weighted by Gasteiger charge is -2.18. The van der Waals surface area contributed by atoms with Crippen LogP contribution in [0.2, 0.25) is 5.02 Å². The molecule has 16 heteroatoms. The number of pyridine rings is 1. The van der Waals surface area contributed by atoms with E-state index in [0.717, 1.165) is 10.9 Å². The van der Waals surface area contributed by atoms with Crippen LogP contribution in [0.3, 0.4) is 0 Å². The fourth-order valence-corrected chi connectivity index (χ4v) is 4.25. The summed E-state index contributed by atoms with van der Waals surface area (Å²) in [7, 11) is 1.72. The predicted octanol–water partition coefficient (Wildman–Crippen LogP) is 5.21.